The van der Waals surface area contributed by atoms with Gasteiger partial charge < -0.3 is 9.13 Å². The van der Waals surface area contributed by atoms with Crippen molar-refractivity contribution in [3.8, 4) is 0 Å². The van der Waals surface area contributed by atoms with E-state index in [4.69, 9.17) is 0 Å². The second kappa shape index (κ2) is 4.16. The van der Waals surface area contributed by atoms with Crippen LogP contribution in [0.5, 0.6) is 0 Å². The monoisotopic (exact) mass is 230 g/mol. The van der Waals surface area contributed by atoms with Crippen molar-refractivity contribution < 1.29 is 4.79 Å². The lowest BCUT2D eigenvalue weighted by Gasteiger charge is -2.15. The molecule has 17 heavy (non-hydrogen) atoms. The minimum Gasteiger partial charge on any atom is -0.338 e. The second-order valence-corrected chi connectivity index (χ2v) is 4.32. The van der Waals surface area contributed by atoms with Crippen LogP contribution in [0.15, 0.2) is 18.3 Å². The molecule has 0 spiro atoms. The number of rotatable bonds is 3. The van der Waals surface area contributed by atoms with Gasteiger partial charge in [0.2, 0.25) is 0 Å². The van der Waals surface area contributed by atoms with Crippen LogP contribution in [0.3, 0.4) is 0 Å². The number of hydrogen-bond acceptors (Lipinski definition) is 3. The molecule has 3 rings (SSSR count). The van der Waals surface area contributed by atoms with Crippen molar-refractivity contribution in [1.29, 1.82) is 0 Å². The fourth-order valence-electron chi connectivity index (χ4n) is 2.32. The van der Waals surface area contributed by atoms with Crippen LogP contribution < -0.4 is 0 Å². The molecule has 5 heteroatoms. The summed E-state index contributed by atoms with van der Waals surface area (Å²) in [6, 6.07) is 3.68. The van der Waals surface area contributed by atoms with Crippen LogP contribution in [0.25, 0.3) is 0 Å². The summed E-state index contributed by atoms with van der Waals surface area (Å²) in [4.78, 5) is 10.8. The molecule has 0 bridgehead atoms. The maximum atomic E-state index is 10.8. The zero-order valence-electron chi connectivity index (χ0n) is 9.54. The molecule has 5 nitrogen and oxygen atoms in total. The van der Waals surface area contributed by atoms with Crippen molar-refractivity contribution in [2.24, 2.45) is 0 Å². The standard InChI is InChI=1S/C12H14N4O/c17-9-10-4-3-6-15(10)8-12-14-13-11-5-1-2-7-16(11)12/h3-4,6,9H,1-2,5,7-8H2. The summed E-state index contributed by atoms with van der Waals surface area (Å²) in [5.74, 6) is 2.02. The lowest BCUT2D eigenvalue weighted by atomic mass is 10.2. The molecule has 0 unspecified atom stereocenters. The van der Waals surface area contributed by atoms with E-state index in [1.54, 1.807) is 6.07 Å². The van der Waals surface area contributed by atoms with E-state index in [9.17, 15) is 4.79 Å². The molecule has 0 aromatic carbocycles. The largest absolute Gasteiger partial charge is 0.338 e. The van der Waals surface area contributed by atoms with Gasteiger partial charge in [-0.3, -0.25) is 4.79 Å². The average molecular weight is 230 g/mol. The summed E-state index contributed by atoms with van der Waals surface area (Å²) in [6.45, 7) is 1.61. The summed E-state index contributed by atoms with van der Waals surface area (Å²) < 4.78 is 4.08. The lowest BCUT2D eigenvalue weighted by molar-refractivity contribution is 0.111. The Morgan fingerprint density at radius 3 is 3.18 bits per heavy atom. The molecule has 88 valence electrons. The van der Waals surface area contributed by atoms with Crippen LogP contribution in [0, 0.1) is 0 Å². The minimum atomic E-state index is 0.619. The SMILES string of the molecule is O=Cc1cccn1Cc1nnc2n1CCCC2. The molecule has 0 atom stereocenters. The Hall–Kier alpha value is -1.91. The van der Waals surface area contributed by atoms with Crippen molar-refractivity contribution in [2.45, 2.75) is 32.4 Å². The van der Waals surface area contributed by atoms with E-state index in [-0.39, 0.29) is 0 Å². The Bertz CT molecular complexity index is 540. The number of aryl methyl sites for hydroxylation is 1. The van der Waals surface area contributed by atoms with E-state index in [2.05, 4.69) is 14.8 Å². The fraction of sp³-hybridized carbons (Fsp3) is 0.417. The van der Waals surface area contributed by atoms with Crippen molar-refractivity contribution in [1.82, 2.24) is 19.3 Å². The maximum Gasteiger partial charge on any atom is 0.166 e. The van der Waals surface area contributed by atoms with Crippen LogP contribution in [0.1, 0.15) is 35.0 Å². The molecule has 0 saturated carbocycles. The third-order valence-electron chi connectivity index (χ3n) is 3.23. The molecular formula is C12H14N4O. The molecule has 0 amide bonds. The Morgan fingerprint density at radius 2 is 2.29 bits per heavy atom. The summed E-state index contributed by atoms with van der Waals surface area (Å²) in [6.07, 6.45) is 6.16. The Kier molecular flexibility index (Phi) is 2.51. The third kappa shape index (κ3) is 1.77. The summed E-state index contributed by atoms with van der Waals surface area (Å²) in [5.41, 5.74) is 0.679. The summed E-state index contributed by atoms with van der Waals surface area (Å²) >= 11 is 0. The van der Waals surface area contributed by atoms with E-state index in [1.165, 1.54) is 12.8 Å². The number of carbonyl (C=O) groups excluding carboxylic acids is 1. The second-order valence-electron chi connectivity index (χ2n) is 4.32. The van der Waals surface area contributed by atoms with Crippen LogP contribution in [-0.4, -0.2) is 25.6 Å². The van der Waals surface area contributed by atoms with E-state index in [0.29, 0.717) is 12.2 Å². The minimum absolute atomic E-state index is 0.619. The predicted octanol–water partition coefficient (Wildman–Crippen LogP) is 1.28. The highest BCUT2D eigenvalue weighted by molar-refractivity contribution is 5.72. The molecule has 0 radical (unpaired) electrons. The first-order chi connectivity index (χ1) is 8.38. The molecular weight excluding hydrogens is 216 g/mol. The molecule has 0 fully saturated rings. The fourth-order valence-corrected chi connectivity index (χ4v) is 2.32. The highest BCUT2D eigenvalue weighted by atomic mass is 16.1. The van der Waals surface area contributed by atoms with E-state index >= 15 is 0 Å². The number of aromatic nitrogens is 4. The summed E-state index contributed by atoms with van der Waals surface area (Å²) in [5, 5.41) is 8.43. The van der Waals surface area contributed by atoms with Gasteiger partial charge in [-0.05, 0) is 25.0 Å². The molecule has 0 N–H and O–H groups in total. The lowest BCUT2D eigenvalue weighted by Crippen LogP contribution is -2.15. The molecule has 0 saturated heterocycles. The normalized spacial score (nSPS) is 14.6. The first-order valence-corrected chi connectivity index (χ1v) is 5.90. The van der Waals surface area contributed by atoms with Gasteiger partial charge in [-0.2, -0.15) is 0 Å². The number of nitrogens with zero attached hydrogens (tertiary/aromatic N) is 4. The third-order valence-corrected chi connectivity index (χ3v) is 3.23. The Labute approximate surface area is 99.1 Å². The van der Waals surface area contributed by atoms with Gasteiger partial charge in [0.05, 0.1) is 12.2 Å². The average Bonchev–Trinajstić information content (AvgIpc) is 2.97. The Morgan fingerprint density at radius 1 is 1.35 bits per heavy atom. The topological polar surface area (TPSA) is 52.7 Å². The van der Waals surface area contributed by atoms with Gasteiger partial charge in [0.15, 0.2) is 12.1 Å². The molecule has 2 aromatic heterocycles. The maximum absolute atomic E-state index is 10.8. The van der Waals surface area contributed by atoms with Crippen LogP contribution >= 0.6 is 0 Å². The number of aldehydes is 1. The van der Waals surface area contributed by atoms with Gasteiger partial charge in [0.25, 0.3) is 0 Å². The number of carbonyl (C=O) groups is 1. The van der Waals surface area contributed by atoms with Gasteiger partial charge >= 0.3 is 0 Å². The van der Waals surface area contributed by atoms with Gasteiger partial charge in [-0.25, -0.2) is 0 Å². The smallest absolute Gasteiger partial charge is 0.166 e. The van der Waals surface area contributed by atoms with Crippen molar-refractivity contribution >= 4 is 6.29 Å². The zero-order chi connectivity index (χ0) is 11.7. The van der Waals surface area contributed by atoms with Gasteiger partial charge in [-0.15, -0.1) is 10.2 Å². The Balaban J connectivity index is 1.90. The zero-order valence-corrected chi connectivity index (χ0v) is 9.54. The van der Waals surface area contributed by atoms with Crippen LogP contribution in [-0.2, 0) is 19.5 Å². The van der Waals surface area contributed by atoms with Crippen LogP contribution in [0.4, 0.5) is 0 Å². The van der Waals surface area contributed by atoms with Crippen molar-refractivity contribution in [3.05, 3.63) is 35.7 Å². The molecule has 3 heterocycles. The predicted molar refractivity (Wildman–Crippen MR) is 61.9 cm³/mol. The quantitative estimate of drug-likeness (QED) is 0.746. The van der Waals surface area contributed by atoms with Gasteiger partial charge in [0, 0.05) is 19.2 Å². The van der Waals surface area contributed by atoms with E-state index < -0.39 is 0 Å². The summed E-state index contributed by atoms with van der Waals surface area (Å²) in [7, 11) is 0. The van der Waals surface area contributed by atoms with Crippen LogP contribution in [0.2, 0.25) is 0 Å². The molecule has 0 aliphatic carbocycles. The number of hydrogen-bond donors (Lipinski definition) is 0. The van der Waals surface area contributed by atoms with Gasteiger partial charge in [0.1, 0.15) is 5.82 Å². The first-order valence-electron chi connectivity index (χ1n) is 5.90. The molecule has 2 aromatic rings. The van der Waals surface area contributed by atoms with Crippen molar-refractivity contribution in [3.63, 3.8) is 0 Å². The van der Waals surface area contributed by atoms with Gasteiger partial charge in [-0.1, -0.05) is 0 Å². The number of fused-ring (bicyclic) bond motifs is 1. The highest BCUT2D eigenvalue weighted by Crippen LogP contribution is 2.15. The molecule has 1 aliphatic heterocycles. The van der Waals surface area contributed by atoms with E-state index in [0.717, 1.165) is 30.9 Å². The first kappa shape index (κ1) is 10.3. The van der Waals surface area contributed by atoms with E-state index in [1.807, 2.05) is 16.8 Å². The van der Waals surface area contributed by atoms with Crippen molar-refractivity contribution in [2.75, 3.05) is 0 Å². The highest BCUT2D eigenvalue weighted by Gasteiger charge is 2.16. The molecule has 1 aliphatic rings.